The van der Waals surface area contributed by atoms with Crippen molar-refractivity contribution >= 4 is 15.0 Å². The van der Waals surface area contributed by atoms with Crippen molar-refractivity contribution in [2.75, 3.05) is 0 Å². The molecule has 0 amide bonds. The molecule has 0 fully saturated rings. The molecule has 0 spiro atoms. The molecule has 0 radical (unpaired) electrons. The number of carbonyl (C=O) groups is 1. The maximum Gasteiger partial charge on any atom is 0.248 e. The van der Waals surface area contributed by atoms with Gasteiger partial charge in [-0.05, 0) is 12.1 Å². The van der Waals surface area contributed by atoms with Crippen molar-refractivity contribution in [3.05, 3.63) is 30.3 Å². The Bertz CT molecular complexity index is 378. The van der Waals surface area contributed by atoms with E-state index in [4.69, 9.17) is 0 Å². The number of sulfone groups is 1. The van der Waals surface area contributed by atoms with Crippen LogP contribution in [0.2, 0.25) is 0 Å². The quantitative estimate of drug-likeness (QED) is 0.654. The molecule has 0 saturated carbocycles. The van der Waals surface area contributed by atoms with Gasteiger partial charge in [0.25, 0.3) is 0 Å². The number of benzene rings is 1. The van der Waals surface area contributed by atoms with Gasteiger partial charge in [0.1, 0.15) is 0 Å². The van der Waals surface area contributed by atoms with Crippen LogP contribution < -0.4 is 0 Å². The summed E-state index contributed by atoms with van der Waals surface area (Å²) in [5.41, 5.74) is 0. The summed E-state index contributed by atoms with van der Waals surface area (Å²) in [5, 5.41) is -0.825. The van der Waals surface area contributed by atoms with Gasteiger partial charge in [-0.1, -0.05) is 18.2 Å². The van der Waals surface area contributed by atoms with Crippen LogP contribution in [-0.4, -0.2) is 13.5 Å². The Hall–Kier alpha value is -1.16. The van der Waals surface area contributed by atoms with Gasteiger partial charge in [-0.2, -0.15) is 0 Å². The monoisotopic (exact) mass is 184 g/mol. The van der Waals surface area contributed by atoms with E-state index in [1.54, 1.807) is 18.2 Å². The first-order valence-corrected chi connectivity index (χ1v) is 4.84. The molecule has 0 aromatic heterocycles. The molecule has 3 nitrogen and oxygen atoms in total. The van der Waals surface area contributed by atoms with Crippen molar-refractivity contribution in [3.63, 3.8) is 0 Å². The number of hydrogen-bond donors (Lipinski definition) is 0. The molecule has 4 heteroatoms. The first kappa shape index (κ1) is 8.93. The van der Waals surface area contributed by atoms with Crippen LogP contribution in [0.1, 0.15) is 6.92 Å². The normalized spacial score (nSPS) is 11.1. The van der Waals surface area contributed by atoms with E-state index >= 15 is 0 Å². The fourth-order valence-corrected chi connectivity index (χ4v) is 1.61. The summed E-state index contributed by atoms with van der Waals surface area (Å²) >= 11 is 0. The van der Waals surface area contributed by atoms with Crippen LogP contribution in [0.3, 0.4) is 0 Å². The van der Waals surface area contributed by atoms with Crippen molar-refractivity contribution in [1.29, 1.82) is 0 Å². The minimum absolute atomic E-state index is 0.0532. The zero-order valence-electron chi connectivity index (χ0n) is 6.52. The van der Waals surface area contributed by atoms with Gasteiger partial charge < -0.3 is 0 Å². The van der Waals surface area contributed by atoms with Gasteiger partial charge in [0, 0.05) is 6.92 Å². The minimum Gasteiger partial charge on any atom is -0.282 e. The highest BCUT2D eigenvalue weighted by Gasteiger charge is 2.18. The topological polar surface area (TPSA) is 51.2 Å². The Balaban J connectivity index is 3.26. The Morgan fingerprint density at radius 3 is 2.08 bits per heavy atom. The molecule has 0 N–H and O–H groups in total. The van der Waals surface area contributed by atoms with Gasteiger partial charge in [0.15, 0.2) is 0 Å². The second-order valence-corrected chi connectivity index (χ2v) is 4.36. The van der Waals surface area contributed by atoms with E-state index < -0.39 is 15.0 Å². The minimum atomic E-state index is -3.72. The average Bonchev–Trinajstić information content (AvgIpc) is 2.06. The lowest BCUT2D eigenvalue weighted by Gasteiger charge is -1.97. The smallest absolute Gasteiger partial charge is 0.248 e. The first-order chi connectivity index (χ1) is 5.55. The molecule has 0 aliphatic heterocycles. The van der Waals surface area contributed by atoms with Crippen molar-refractivity contribution in [1.82, 2.24) is 0 Å². The molecule has 0 aliphatic rings. The third-order valence-corrected chi connectivity index (χ3v) is 3.08. The molecule has 0 bridgehead atoms. The summed E-state index contributed by atoms with van der Waals surface area (Å²) in [5.74, 6) is 0. The molecule has 1 rings (SSSR count). The van der Waals surface area contributed by atoms with Gasteiger partial charge in [-0.25, -0.2) is 8.42 Å². The van der Waals surface area contributed by atoms with Crippen LogP contribution in [0.4, 0.5) is 0 Å². The molecular formula is C8H8O3S. The molecule has 0 saturated heterocycles. The van der Waals surface area contributed by atoms with Crippen LogP contribution in [0.5, 0.6) is 0 Å². The highest BCUT2D eigenvalue weighted by molar-refractivity contribution is 8.06. The molecule has 0 atom stereocenters. The largest absolute Gasteiger partial charge is 0.282 e. The molecule has 0 heterocycles. The van der Waals surface area contributed by atoms with E-state index in [-0.39, 0.29) is 4.90 Å². The number of carbonyl (C=O) groups excluding carboxylic acids is 1. The Labute approximate surface area is 70.9 Å². The van der Waals surface area contributed by atoms with Gasteiger partial charge in [0.05, 0.1) is 4.90 Å². The van der Waals surface area contributed by atoms with Crippen LogP contribution in [0.25, 0.3) is 0 Å². The lowest BCUT2D eigenvalue weighted by molar-refractivity contribution is -0.109. The molecule has 1 aromatic rings. The molecule has 12 heavy (non-hydrogen) atoms. The van der Waals surface area contributed by atoms with Crippen LogP contribution >= 0.6 is 0 Å². The highest BCUT2D eigenvalue weighted by atomic mass is 32.2. The maximum atomic E-state index is 11.2. The van der Waals surface area contributed by atoms with Crippen molar-refractivity contribution in [3.8, 4) is 0 Å². The van der Waals surface area contributed by atoms with Gasteiger partial charge >= 0.3 is 0 Å². The number of rotatable bonds is 1. The van der Waals surface area contributed by atoms with Gasteiger partial charge in [0.2, 0.25) is 15.0 Å². The van der Waals surface area contributed by atoms with Crippen molar-refractivity contribution < 1.29 is 13.2 Å². The van der Waals surface area contributed by atoms with Crippen molar-refractivity contribution in [2.45, 2.75) is 11.8 Å². The second kappa shape index (κ2) is 3.06. The molecule has 0 unspecified atom stereocenters. The summed E-state index contributed by atoms with van der Waals surface area (Å²) in [4.78, 5) is 10.7. The SMILES string of the molecule is CC(=O)S(=O)(=O)c1ccccc1. The van der Waals surface area contributed by atoms with Crippen LogP contribution in [0.15, 0.2) is 35.2 Å². The number of hydrogen-bond acceptors (Lipinski definition) is 3. The predicted molar refractivity (Wildman–Crippen MR) is 44.3 cm³/mol. The lowest BCUT2D eigenvalue weighted by atomic mass is 10.4. The van der Waals surface area contributed by atoms with E-state index in [2.05, 4.69) is 0 Å². The highest BCUT2D eigenvalue weighted by Crippen LogP contribution is 2.09. The third kappa shape index (κ3) is 1.53. The van der Waals surface area contributed by atoms with E-state index in [9.17, 15) is 13.2 Å². The molecule has 64 valence electrons. The summed E-state index contributed by atoms with van der Waals surface area (Å²) < 4.78 is 22.4. The Kier molecular flexibility index (Phi) is 2.28. The average molecular weight is 184 g/mol. The Morgan fingerprint density at radius 2 is 1.67 bits per heavy atom. The van der Waals surface area contributed by atoms with E-state index in [1.807, 2.05) is 0 Å². The fraction of sp³-hybridized carbons (Fsp3) is 0.125. The van der Waals surface area contributed by atoms with Crippen LogP contribution in [0, 0.1) is 0 Å². The summed E-state index contributed by atoms with van der Waals surface area (Å²) in [6.45, 7) is 1.04. The Morgan fingerprint density at radius 1 is 1.17 bits per heavy atom. The maximum absolute atomic E-state index is 11.2. The molecule has 1 aromatic carbocycles. The van der Waals surface area contributed by atoms with Crippen molar-refractivity contribution in [2.24, 2.45) is 0 Å². The standard InChI is InChI=1S/C8H8O3S/c1-7(9)12(10,11)8-5-3-2-4-6-8/h2-6H,1H3. The summed E-state index contributed by atoms with van der Waals surface area (Å²) in [6, 6.07) is 7.65. The lowest BCUT2D eigenvalue weighted by Crippen LogP contribution is -2.10. The fourth-order valence-electron chi connectivity index (χ4n) is 0.766. The van der Waals surface area contributed by atoms with E-state index in [0.29, 0.717) is 0 Å². The zero-order chi connectivity index (χ0) is 9.19. The van der Waals surface area contributed by atoms with Crippen LogP contribution in [-0.2, 0) is 14.6 Å². The summed E-state index contributed by atoms with van der Waals surface area (Å²) in [6.07, 6.45) is 0. The predicted octanol–water partition coefficient (Wildman–Crippen LogP) is 1.01. The second-order valence-electron chi connectivity index (χ2n) is 2.31. The van der Waals surface area contributed by atoms with Gasteiger partial charge in [-0.15, -0.1) is 0 Å². The van der Waals surface area contributed by atoms with E-state index in [0.717, 1.165) is 6.92 Å². The zero-order valence-corrected chi connectivity index (χ0v) is 7.34. The molecular weight excluding hydrogens is 176 g/mol. The van der Waals surface area contributed by atoms with Gasteiger partial charge in [-0.3, -0.25) is 4.79 Å². The summed E-state index contributed by atoms with van der Waals surface area (Å²) in [7, 11) is -3.72. The first-order valence-electron chi connectivity index (χ1n) is 3.36. The van der Waals surface area contributed by atoms with E-state index in [1.165, 1.54) is 12.1 Å². The third-order valence-electron chi connectivity index (χ3n) is 1.43. The molecule has 0 aliphatic carbocycles.